The van der Waals surface area contributed by atoms with E-state index < -0.39 is 5.97 Å². The molecule has 0 aliphatic carbocycles. The predicted molar refractivity (Wildman–Crippen MR) is 166 cm³/mol. The van der Waals surface area contributed by atoms with Crippen LogP contribution in [0, 0.1) is 11.3 Å². The molecule has 0 N–H and O–H groups in total. The average molecular weight is 556 g/mol. The summed E-state index contributed by atoms with van der Waals surface area (Å²) in [6.07, 6.45) is 13.2. The van der Waals surface area contributed by atoms with Crippen molar-refractivity contribution in [1.82, 2.24) is 0 Å². The highest BCUT2D eigenvalue weighted by atomic mass is 16.5. The molecule has 3 aromatic rings. The lowest BCUT2D eigenvalue weighted by atomic mass is 10.0. The Morgan fingerprint density at radius 2 is 1.37 bits per heavy atom. The van der Waals surface area contributed by atoms with Gasteiger partial charge in [0.2, 0.25) is 0 Å². The van der Waals surface area contributed by atoms with Crippen LogP contribution in [0.3, 0.4) is 0 Å². The second kappa shape index (κ2) is 17.8. The fourth-order valence-electron chi connectivity index (χ4n) is 4.67. The van der Waals surface area contributed by atoms with Crippen molar-refractivity contribution in [2.45, 2.75) is 97.5 Å². The van der Waals surface area contributed by atoms with E-state index in [4.69, 9.17) is 14.2 Å². The minimum atomic E-state index is -0.424. The third kappa shape index (κ3) is 11.0. The monoisotopic (exact) mass is 555 g/mol. The Morgan fingerprint density at radius 3 is 2.05 bits per heavy atom. The summed E-state index contributed by atoms with van der Waals surface area (Å²) in [6, 6.07) is 22.3. The Bertz CT molecular complexity index is 1230. The summed E-state index contributed by atoms with van der Waals surface area (Å²) in [4.78, 5) is 12.7. The van der Waals surface area contributed by atoms with E-state index in [1.165, 1.54) is 51.4 Å². The van der Waals surface area contributed by atoms with E-state index in [1.807, 2.05) is 42.5 Å². The maximum absolute atomic E-state index is 12.7. The highest BCUT2D eigenvalue weighted by molar-refractivity contribution is 5.91. The third-order valence-corrected chi connectivity index (χ3v) is 7.15. The SMILES string of the molecule is CCCCCCCCOc1ccc(OC(=O)c2ccc(-c3ccc(OC(C)CCCCCC)c(C#N)c3)cc2)cc1. The number of nitrogens with zero attached hydrogens (tertiary/aromatic N) is 1. The molecule has 0 aliphatic heterocycles. The molecule has 0 bridgehead atoms. The van der Waals surface area contributed by atoms with Crippen molar-refractivity contribution in [2.75, 3.05) is 6.61 Å². The zero-order chi connectivity index (χ0) is 29.3. The minimum absolute atomic E-state index is 0.0592. The van der Waals surface area contributed by atoms with Gasteiger partial charge in [0.15, 0.2) is 0 Å². The summed E-state index contributed by atoms with van der Waals surface area (Å²) in [7, 11) is 0. The van der Waals surface area contributed by atoms with Gasteiger partial charge in [-0.2, -0.15) is 5.26 Å². The Morgan fingerprint density at radius 1 is 0.756 bits per heavy atom. The zero-order valence-electron chi connectivity index (χ0n) is 25.0. The van der Waals surface area contributed by atoms with Gasteiger partial charge in [-0.3, -0.25) is 0 Å². The van der Waals surface area contributed by atoms with Gasteiger partial charge in [0.1, 0.15) is 23.3 Å². The summed E-state index contributed by atoms with van der Waals surface area (Å²) in [5, 5.41) is 9.71. The van der Waals surface area contributed by atoms with Gasteiger partial charge in [0.25, 0.3) is 0 Å². The highest BCUT2D eigenvalue weighted by Crippen LogP contribution is 2.28. The van der Waals surface area contributed by atoms with Crippen LogP contribution < -0.4 is 14.2 Å². The van der Waals surface area contributed by atoms with E-state index in [9.17, 15) is 10.1 Å². The summed E-state index contributed by atoms with van der Waals surface area (Å²) in [5.41, 5.74) is 2.75. The fourth-order valence-corrected chi connectivity index (χ4v) is 4.67. The van der Waals surface area contributed by atoms with E-state index in [2.05, 4.69) is 26.8 Å². The number of carbonyl (C=O) groups excluding carboxylic acids is 1. The van der Waals surface area contributed by atoms with Gasteiger partial charge in [-0.1, -0.05) is 83.4 Å². The molecular formula is C36H45NO4. The summed E-state index contributed by atoms with van der Waals surface area (Å²) in [5.74, 6) is 1.43. The topological polar surface area (TPSA) is 68.6 Å². The van der Waals surface area contributed by atoms with Crippen molar-refractivity contribution in [2.24, 2.45) is 0 Å². The summed E-state index contributed by atoms with van der Waals surface area (Å²) < 4.78 is 17.4. The Kier molecular flexibility index (Phi) is 13.8. The number of rotatable bonds is 18. The van der Waals surface area contributed by atoms with Crippen LogP contribution in [0.25, 0.3) is 11.1 Å². The first-order valence-electron chi connectivity index (χ1n) is 15.3. The van der Waals surface area contributed by atoms with Crippen LogP contribution in [0.2, 0.25) is 0 Å². The molecular weight excluding hydrogens is 510 g/mol. The molecule has 0 aliphatic rings. The van der Waals surface area contributed by atoms with Crippen LogP contribution in [0.4, 0.5) is 0 Å². The Labute approximate surface area is 246 Å². The van der Waals surface area contributed by atoms with Crippen molar-refractivity contribution >= 4 is 5.97 Å². The number of unbranched alkanes of at least 4 members (excludes halogenated alkanes) is 8. The van der Waals surface area contributed by atoms with Gasteiger partial charge in [0, 0.05) is 0 Å². The first kappa shape index (κ1) is 31.7. The molecule has 0 saturated heterocycles. The maximum atomic E-state index is 12.7. The largest absolute Gasteiger partial charge is 0.494 e. The quantitative estimate of drug-likeness (QED) is 0.0887. The molecule has 1 atom stereocenters. The summed E-state index contributed by atoms with van der Waals surface area (Å²) in [6.45, 7) is 7.17. The Balaban J connectivity index is 1.51. The fraction of sp³-hybridized carbons (Fsp3) is 0.444. The molecule has 3 rings (SSSR count). The standard InChI is InChI=1S/C36H45NO4/c1-4-6-8-10-11-13-25-39-33-20-22-34(23-21-33)41-36(38)30-17-15-29(16-18-30)31-19-24-35(32(26-31)27-37)40-28(3)14-12-9-7-5-2/h15-24,26,28H,4-14,25H2,1-3H3. The smallest absolute Gasteiger partial charge is 0.343 e. The molecule has 0 aromatic heterocycles. The molecule has 0 heterocycles. The number of ether oxygens (including phenoxy) is 3. The van der Waals surface area contributed by atoms with Gasteiger partial charge >= 0.3 is 5.97 Å². The third-order valence-electron chi connectivity index (χ3n) is 7.15. The minimum Gasteiger partial charge on any atom is -0.494 e. The second-order valence-electron chi connectivity index (χ2n) is 10.7. The van der Waals surface area contributed by atoms with Crippen LogP contribution in [0.1, 0.15) is 107 Å². The molecule has 5 heteroatoms. The van der Waals surface area contributed by atoms with Crippen LogP contribution >= 0.6 is 0 Å². The molecule has 0 spiro atoms. The van der Waals surface area contributed by atoms with Gasteiger partial charge in [0.05, 0.1) is 23.8 Å². The van der Waals surface area contributed by atoms with Gasteiger partial charge in [-0.05, 0) is 85.8 Å². The van der Waals surface area contributed by atoms with Crippen molar-refractivity contribution in [3.8, 4) is 34.4 Å². The second-order valence-corrected chi connectivity index (χ2v) is 10.7. The van der Waals surface area contributed by atoms with Crippen molar-refractivity contribution < 1.29 is 19.0 Å². The molecule has 3 aromatic carbocycles. The van der Waals surface area contributed by atoms with Gasteiger partial charge in [-0.25, -0.2) is 4.79 Å². The molecule has 0 saturated carbocycles. The van der Waals surface area contributed by atoms with Crippen molar-refractivity contribution in [1.29, 1.82) is 5.26 Å². The molecule has 0 fully saturated rings. The van der Waals surface area contributed by atoms with Crippen molar-refractivity contribution in [3.63, 3.8) is 0 Å². The lowest BCUT2D eigenvalue weighted by molar-refractivity contribution is 0.0734. The molecule has 0 amide bonds. The predicted octanol–water partition coefficient (Wildman–Crippen LogP) is 9.92. The van der Waals surface area contributed by atoms with Gasteiger partial charge < -0.3 is 14.2 Å². The first-order valence-corrected chi connectivity index (χ1v) is 15.3. The number of benzene rings is 3. The van der Waals surface area contributed by atoms with Crippen molar-refractivity contribution in [3.05, 3.63) is 77.9 Å². The number of hydrogen-bond donors (Lipinski definition) is 0. The molecule has 41 heavy (non-hydrogen) atoms. The van der Waals surface area contributed by atoms with Gasteiger partial charge in [-0.15, -0.1) is 0 Å². The molecule has 0 radical (unpaired) electrons. The lowest BCUT2D eigenvalue weighted by Gasteiger charge is -2.16. The lowest BCUT2D eigenvalue weighted by Crippen LogP contribution is -2.12. The van der Waals surface area contributed by atoms with E-state index in [0.29, 0.717) is 29.2 Å². The van der Waals surface area contributed by atoms with E-state index in [-0.39, 0.29) is 6.10 Å². The van der Waals surface area contributed by atoms with Crippen LogP contribution in [-0.4, -0.2) is 18.7 Å². The average Bonchev–Trinajstić information content (AvgIpc) is 3.00. The summed E-state index contributed by atoms with van der Waals surface area (Å²) >= 11 is 0. The highest BCUT2D eigenvalue weighted by Gasteiger charge is 2.12. The first-order chi connectivity index (χ1) is 20.0. The zero-order valence-corrected chi connectivity index (χ0v) is 25.0. The normalized spacial score (nSPS) is 11.5. The number of carbonyl (C=O) groups is 1. The van der Waals surface area contributed by atoms with Crippen LogP contribution in [0.15, 0.2) is 66.7 Å². The number of esters is 1. The van der Waals surface area contributed by atoms with E-state index in [0.717, 1.165) is 36.1 Å². The molecule has 218 valence electrons. The number of hydrogen-bond acceptors (Lipinski definition) is 5. The molecule has 1 unspecified atom stereocenters. The van der Waals surface area contributed by atoms with Crippen LogP contribution in [0.5, 0.6) is 17.2 Å². The van der Waals surface area contributed by atoms with E-state index in [1.54, 1.807) is 24.3 Å². The maximum Gasteiger partial charge on any atom is 0.343 e. The Hall–Kier alpha value is -3.78. The van der Waals surface area contributed by atoms with E-state index >= 15 is 0 Å². The number of nitriles is 1. The molecule has 5 nitrogen and oxygen atoms in total. The van der Waals surface area contributed by atoms with Crippen LogP contribution in [-0.2, 0) is 0 Å².